The molecule has 1 aliphatic rings. The van der Waals surface area contributed by atoms with Crippen LogP contribution in [-0.2, 0) is 4.74 Å². The maximum atomic E-state index is 14.0. The van der Waals surface area contributed by atoms with Crippen LogP contribution in [0.4, 0.5) is 10.2 Å². The van der Waals surface area contributed by atoms with E-state index in [0.29, 0.717) is 32.8 Å². The summed E-state index contributed by atoms with van der Waals surface area (Å²) in [6, 6.07) is 1.37. The summed E-state index contributed by atoms with van der Waals surface area (Å²) < 4.78 is 19.2. The smallest absolute Gasteiger partial charge is 0.268 e. The highest BCUT2D eigenvalue weighted by Gasteiger charge is 2.19. The third kappa shape index (κ3) is 3.39. The van der Waals surface area contributed by atoms with Crippen molar-refractivity contribution in [2.75, 3.05) is 38.2 Å². The summed E-state index contributed by atoms with van der Waals surface area (Å²) in [5, 5.41) is 4.50. The summed E-state index contributed by atoms with van der Waals surface area (Å²) in [4.78, 5) is 15.9. The number of morpholine rings is 1. The first-order chi connectivity index (χ1) is 9.22. The minimum atomic E-state index is -0.630. The number of ether oxygens (including phenoxy) is 1. The molecule has 104 valence electrons. The lowest BCUT2D eigenvalue weighted by Gasteiger charge is -2.27. The highest BCUT2D eigenvalue weighted by molar-refractivity contribution is 5.94. The molecule has 1 saturated heterocycles. The molecular formula is C12H17FN4O2. The highest BCUT2D eigenvalue weighted by Crippen LogP contribution is 2.14. The van der Waals surface area contributed by atoms with Gasteiger partial charge < -0.3 is 10.1 Å². The average Bonchev–Trinajstić information content (AvgIpc) is 2.42. The van der Waals surface area contributed by atoms with Crippen LogP contribution in [0.25, 0.3) is 0 Å². The maximum absolute atomic E-state index is 14.0. The second-order valence-electron chi connectivity index (χ2n) is 4.09. The number of carbonyl (C=O) groups excluding carboxylic acids is 1. The average molecular weight is 268 g/mol. The first-order valence-electron chi connectivity index (χ1n) is 6.24. The van der Waals surface area contributed by atoms with Crippen molar-refractivity contribution in [3.63, 3.8) is 0 Å². The van der Waals surface area contributed by atoms with Gasteiger partial charge in [-0.2, -0.15) is 0 Å². The van der Waals surface area contributed by atoms with Crippen LogP contribution in [0.2, 0.25) is 0 Å². The first kappa shape index (κ1) is 13.7. The van der Waals surface area contributed by atoms with Gasteiger partial charge in [0.1, 0.15) is 0 Å². The molecule has 2 heterocycles. The molecule has 0 aromatic carbocycles. The molecule has 2 N–H and O–H groups in total. The van der Waals surface area contributed by atoms with Crippen molar-refractivity contribution in [1.29, 1.82) is 0 Å². The normalized spacial score (nSPS) is 16.1. The molecule has 0 radical (unpaired) electrons. The zero-order valence-electron chi connectivity index (χ0n) is 10.8. The van der Waals surface area contributed by atoms with E-state index in [1.807, 2.05) is 6.92 Å². The number of rotatable bonds is 4. The molecule has 0 atom stereocenters. The van der Waals surface area contributed by atoms with E-state index in [2.05, 4.69) is 15.7 Å². The van der Waals surface area contributed by atoms with Gasteiger partial charge in [0.15, 0.2) is 11.6 Å². The first-order valence-corrected chi connectivity index (χ1v) is 6.24. The highest BCUT2D eigenvalue weighted by atomic mass is 19.1. The Balaban J connectivity index is 2.07. The number of aromatic nitrogens is 1. The van der Waals surface area contributed by atoms with Gasteiger partial charge in [-0.1, -0.05) is 0 Å². The van der Waals surface area contributed by atoms with Crippen LogP contribution in [-0.4, -0.2) is 48.7 Å². The SMILES string of the molecule is CCNc1nccc(C(=O)NN2CCOCC2)c1F. The molecule has 1 aromatic rings. The number of nitrogens with one attached hydrogen (secondary N) is 2. The fourth-order valence-electron chi connectivity index (χ4n) is 1.79. The van der Waals surface area contributed by atoms with E-state index >= 15 is 0 Å². The monoisotopic (exact) mass is 268 g/mol. The Morgan fingerprint density at radius 1 is 1.53 bits per heavy atom. The number of anilines is 1. The summed E-state index contributed by atoms with van der Waals surface area (Å²) in [6.45, 7) is 4.68. The van der Waals surface area contributed by atoms with Crippen LogP contribution in [0.5, 0.6) is 0 Å². The fraction of sp³-hybridized carbons (Fsp3) is 0.500. The van der Waals surface area contributed by atoms with E-state index < -0.39 is 11.7 Å². The Morgan fingerprint density at radius 2 is 2.26 bits per heavy atom. The standard InChI is InChI=1S/C12H17FN4O2/c1-2-14-11-10(13)9(3-4-15-11)12(18)16-17-5-7-19-8-6-17/h3-4H,2,5-8H2,1H3,(H,14,15)(H,16,18). The summed E-state index contributed by atoms with van der Waals surface area (Å²) in [7, 11) is 0. The minimum absolute atomic E-state index is 0.0163. The second kappa shape index (κ2) is 6.44. The van der Waals surface area contributed by atoms with Crippen LogP contribution in [0.1, 0.15) is 17.3 Å². The van der Waals surface area contributed by atoms with Gasteiger partial charge in [-0.15, -0.1) is 0 Å². The molecule has 0 bridgehead atoms. The number of amides is 1. The van der Waals surface area contributed by atoms with Crippen LogP contribution in [0, 0.1) is 5.82 Å². The number of nitrogens with zero attached hydrogens (tertiary/aromatic N) is 2. The summed E-state index contributed by atoms with van der Waals surface area (Å²) in [5.74, 6) is -1.01. The van der Waals surface area contributed by atoms with Gasteiger partial charge in [0, 0.05) is 25.8 Å². The Kier molecular flexibility index (Phi) is 4.64. The van der Waals surface area contributed by atoms with Crippen LogP contribution < -0.4 is 10.7 Å². The lowest BCUT2D eigenvalue weighted by Crippen LogP contribution is -2.48. The van der Waals surface area contributed by atoms with Crippen LogP contribution >= 0.6 is 0 Å². The van der Waals surface area contributed by atoms with Crippen molar-refractivity contribution in [3.05, 3.63) is 23.6 Å². The molecule has 7 heteroatoms. The molecule has 19 heavy (non-hydrogen) atoms. The predicted molar refractivity (Wildman–Crippen MR) is 68.2 cm³/mol. The number of pyridine rings is 1. The second-order valence-corrected chi connectivity index (χ2v) is 4.09. The van der Waals surface area contributed by atoms with Crippen molar-refractivity contribution in [2.24, 2.45) is 0 Å². The Hall–Kier alpha value is -1.73. The fourth-order valence-corrected chi connectivity index (χ4v) is 1.79. The zero-order valence-corrected chi connectivity index (χ0v) is 10.8. The maximum Gasteiger partial charge on any atom is 0.268 e. The molecular weight excluding hydrogens is 251 g/mol. The summed E-state index contributed by atoms with van der Waals surface area (Å²) >= 11 is 0. The van der Waals surface area contributed by atoms with E-state index in [1.54, 1.807) is 5.01 Å². The Bertz CT molecular complexity index is 449. The molecule has 0 aliphatic carbocycles. The van der Waals surface area contributed by atoms with Gasteiger partial charge in [-0.25, -0.2) is 14.4 Å². The molecule has 0 saturated carbocycles. The van der Waals surface area contributed by atoms with E-state index in [0.717, 1.165) is 0 Å². The summed E-state index contributed by atoms with van der Waals surface area (Å²) in [6.07, 6.45) is 1.41. The third-order valence-corrected chi connectivity index (χ3v) is 2.75. The van der Waals surface area contributed by atoms with E-state index in [4.69, 9.17) is 4.74 Å². The quantitative estimate of drug-likeness (QED) is 0.838. The zero-order chi connectivity index (χ0) is 13.7. The number of halogens is 1. The van der Waals surface area contributed by atoms with Gasteiger partial charge in [-0.05, 0) is 13.0 Å². The van der Waals surface area contributed by atoms with Gasteiger partial charge in [0.2, 0.25) is 0 Å². The van der Waals surface area contributed by atoms with Crippen molar-refractivity contribution < 1.29 is 13.9 Å². The largest absolute Gasteiger partial charge is 0.379 e. The van der Waals surface area contributed by atoms with Crippen LogP contribution in [0.3, 0.4) is 0 Å². The number of hydrogen-bond donors (Lipinski definition) is 2. The minimum Gasteiger partial charge on any atom is -0.379 e. The van der Waals surface area contributed by atoms with Crippen molar-refractivity contribution >= 4 is 11.7 Å². The molecule has 1 amide bonds. The van der Waals surface area contributed by atoms with E-state index in [-0.39, 0.29) is 11.4 Å². The topological polar surface area (TPSA) is 66.5 Å². The van der Waals surface area contributed by atoms with E-state index in [9.17, 15) is 9.18 Å². The number of carbonyl (C=O) groups is 1. The van der Waals surface area contributed by atoms with Gasteiger partial charge >= 0.3 is 0 Å². The van der Waals surface area contributed by atoms with E-state index in [1.165, 1.54) is 12.3 Å². The summed E-state index contributed by atoms with van der Waals surface area (Å²) in [5.41, 5.74) is 2.65. The van der Waals surface area contributed by atoms with Gasteiger partial charge in [0.05, 0.1) is 18.8 Å². The molecule has 0 spiro atoms. The van der Waals surface area contributed by atoms with Crippen molar-refractivity contribution in [2.45, 2.75) is 6.92 Å². The third-order valence-electron chi connectivity index (χ3n) is 2.75. The molecule has 6 nitrogen and oxygen atoms in total. The lowest BCUT2D eigenvalue weighted by molar-refractivity contribution is 0.0125. The number of hydrogen-bond acceptors (Lipinski definition) is 5. The Labute approximate surface area is 110 Å². The Morgan fingerprint density at radius 3 is 2.95 bits per heavy atom. The van der Waals surface area contributed by atoms with Crippen LogP contribution in [0.15, 0.2) is 12.3 Å². The number of hydrazine groups is 1. The van der Waals surface area contributed by atoms with Gasteiger partial charge in [0.25, 0.3) is 5.91 Å². The molecule has 1 aliphatic heterocycles. The van der Waals surface area contributed by atoms with Crippen molar-refractivity contribution in [3.8, 4) is 0 Å². The lowest BCUT2D eigenvalue weighted by atomic mass is 10.2. The van der Waals surface area contributed by atoms with Gasteiger partial charge in [-0.3, -0.25) is 10.2 Å². The molecule has 1 aromatic heterocycles. The molecule has 2 rings (SSSR count). The molecule has 0 unspecified atom stereocenters. The predicted octanol–water partition coefficient (Wildman–Crippen LogP) is 0.629. The molecule has 1 fully saturated rings. The van der Waals surface area contributed by atoms with Crippen molar-refractivity contribution in [1.82, 2.24) is 15.4 Å².